The molecule has 1 fully saturated rings. The van der Waals surface area contributed by atoms with E-state index < -0.39 is 0 Å². The fourth-order valence-electron chi connectivity index (χ4n) is 1.01. The first kappa shape index (κ1) is 7.21. The zero-order valence-corrected chi connectivity index (χ0v) is 8.21. The third-order valence-corrected chi connectivity index (χ3v) is 4.26. The molecule has 1 aliphatic heterocycles. The summed E-state index contributed by atoms with van der Waals surface area (Å²) in [6, 6.07) is 6.03. The Bertz CT molecular complexity index is 281. The number of hydrogen-bond donors (Lipinski definition) is 2. The number of benzene rings is 1. The van der Waals surface area contributed by atoms with Crippen LogP contribution in [0.15, 0.2) is 18.2 Å². The fraction of sp³-hybridized carbons (Fsp3) is 0.250. The molecule has 0 aliphatic carbocycles. The van der Waals surface area contributed by atoms with Crippen molar-refractivity contribution in [2.75, 3.05) is 15.9 Å². The molecule has 0 bridgehead atoms. The first-order valence-electron chi connectivity index (χ1n) is 3.50. The van der Waals surface area contributed by atoms with Crippen molar-refractivity contribution in [2.45, 2.75) is 3.92 Å². The van der Waals surface area contributed by atoms with Crippen molar-refractivity contribution in [1.82, 2.24) is 0 Å². The van der Waals surface area contributed by atoms with Gasteiger partial charge in [0.2, 0.25) is 0 Å². The molecule has 0 aromatic heterocycles. The number of halogens is 1. The van der Waals surface area contributed by atoms with Crippen molar-refractivity contribution in [1.29, 1.82) is 0 Å². The van der Waals surface area contributed by atoms with E-state index in [-0.39, 0.29) is 0 Å². The van der Waals surface area contributed by atoms with Gasteiger partial charge in [-0.15, -0.1) is 0 Å². The molecule has 1 atom stereocenters. The van der Waals surface area contributed by atoms with Crippen LogP contribution in [0.25, 0.3) is 0 Å². The normalized spacial score (nSPS) is 22.4. The standard InChI is InChI=1S/C8H10IN2/c10-7-2-1-5(3-8(7)11)6-4-9-6/h1-3,6H,4,10-11H2/q-1/t6-/m0/s1. The number of hydrogen-bond acceptors (Lipinski definition) is 2. The number of nitrogens with two attached hydrogens (primary N) is 2. The molecule has 1 aliphatic rings. The van der Waals surface area contributed by atoms with Crippen LogP contribution in [0.3, 0.4) is 0 Å². The van der Waals surface area contributed by atoms with Crippen LogP contribution >= 0.6 is 0 Å². The van der Waals surface area contributed by atoms with Crippen LogP contribution in [0.2, 0.25) is 0 Å². The number of rotatable bonds is 1. The summed E-state index contributed by atoms with van der Waals surface area (Å²) in [5.74, 6) is 0. The van der Waals surface area contributed by atoms with Gasteiger partial charge in [0.05, 0.1) is 0 Å². The van der Waals surface area contributed by atoms with Gasteiger partial charge < -0.3 is 0 Å². The first-order chi connectivity index (χ1) is 5.27. The third kappa shape index (κ3) is 1.42. The molecule has 0 spiro atoms. The molecule has 2 nitrogen and oxygen atoms in total. The van der Waals surface area contributed by atoms with Gasteiger partial charge in [0.1, 0.15) is 0 Å². The molecule has 1 saturated heterocycles. The monoisotopic (exact) mass is 261 g/mol. The van der Waals surface area contributed by atoms with Gasteiger partial charge in [0, 0.05) is 0 Å². The molecule has 0 amide bonds. The van der Waals surface area contributed by atoms with E-state index in [1.54, 1.807) is 0 Å². The summed E-state index contributed by atoms with van der Waals surface area (Å²) in [6.07, 6.45) is 0. The van der Waals surface area contributed by atoms with E-state index in [0.717, 1.165) is 9.61 Å². The van der Waals surface area contributed by atoms with Crippen LogP contribution in [-0.4, -0.2) is 4.43 Å². The average molecular weight is 261 g/mol. The second-order valence-electron chi connectivity index (χ2n) is 2.66. The first-order valence-corrected chi connectivity index (χ1v) is 6.27. The Morgan fingerprint density at radius 1 is 1.27 bits per heavy atom. The minimum atomic E-state index is 0.476. The summed E-state index contributed by atoms with van der Waals surface area (Å²) in [6.45, 7) is 0. The van der Waals surface area contributed by atoms with Gasteiger partial charge in [-0.25, -0.2) is 0 Å². The van der Waals surface area contributed by atoms with Crippen molar-refractivity contribution in [3.63, 3.8) is 0 Å². The van der Waals surface area contributed by atoms with Gasteiger partial charge in [0.15, 0.2) is 0 Å². The molecule has 3 heteroatoms. The topological polar surface area (TPSA) is 52.0 Å². The summed E-state index contributed by atoms with van der Waals surface area (Å²) < 4.78 is 2.29. The van der Waals surface area contributed by atoms with E-state index >= 15 is 0 Å². The molecule has 0 saturated carbocycles. The van der Waals surface area contributed by atoms with Gasteiger partial charge in [-0.1, -0.05) is 0 Å². The van der Waals surface area contributed by atoms with Crippen molar-refractivity contribution in [3.05, 3.63) is 23.8 Å². The van der Waals surface area contributed by atoms with Crippen LogP contribution in [0, 0.1) is 0 Å². The van der Waals surface area contributed by atoms with E-state index in [2.05, 4.69) is 6.07 Å². The molecule has 2 rings (SSSR count). The number of nitrogen functional groups attached to an aromatic ring is 2. The van der Waals surface area contributed by atoms with Gasteiger partial charge in [-0.3, -0.25) is 0 Å². The molecule has 4 N–H and O–H groups in total. The molecular weight excluding hydrogens is 251 g/mol. The SMILES string of the molecule is Nc1ccc([C@@H]2C[I-]2)cc1N. The predicted molar refractivity (Wildman–Crippen MR) is 42.9 cm³/mol. The summed E-state index contributed by atoms with van der Waals surface area (Å²) in [4.78, 5) is 0. The quantitative estimate of drug-likeness (QED) is 0.349. The summed E-state index contributed by atoms with van der Waals surface area (Å²) in [7, 11) is 0. The summed E-state index contributed by atoms with van der Waals surface area (Å²) >= 11 is 0.476. The minimum absolute atomic E-state index is 0.476. The Hall–Kier alpha value is -0.450. The second kappa shape index (κ2) is 2.55. The maximum atomic E-state index is 5.67. The summed E-state index contributed by atoms with van der Waals surface area (Å²) in [5, 5.41) is 0. The molecule has 0 unspecified atom stereocenters. The Labute approximate surface area is 76.2 Å². The molecular formula is C8H10IN2-. The van der Waals surface area contributed by atoms with Crippen LogP contribution in [-0.2, 0) is 0 Å². The average Bonchev–Trinajstić information content (AvgIpc) is 2.77. The molecule has 0 radical (unpaired) electrons. The van der Waals surface area contributed by atoms with Gasteiger partial charge in [0.25, 0.3) is 0 Å². The van der Waals surface area contributed by atoms with E-state index in [1.807, 2.05) is 12.1 Å². The number of alkyl halides is 2. The second-order valence-corrected chi connectivity index (χ2v) is 5.93. The summed E-state index contributed by atoms with van der Waals surface area (Å²) in [5.41, 5.74) is 14.1. The van der Waals surface area contributed by atoms with Crippen molar-refractivity contribution < 1.29 is 21.2 Å². The van der Waals surface area contributed by atoms with Crippen LogP contribution < -0.4 is 32.7 Å². The Morgan fingerprint density at radius 2 is 2.00 bits per heavy atom. The Morgan fingerprint density at radius 3 is 2.55 bits per heavy atom. The third-order valence-electron chi connectivity index (χ3n) is 1.78. The van der Waals surface area contributed by atoms with Crippen molar-refractivity contribution in [2.24, 2.45) is 0 Å². The van der Waals surface area contributed by atoms with Crippen molar-refractivity contribution >= 4 is 11.4 Å². The maximum absolute atomic E-state index is 5.67. The fourth-order valence-corrected chi connectivity index (χ4v) is 2.67. The van der Waals surface area contributed by atoms with Gasteiger partial charge >= 0.3 is 76.2 Å². The van der Waals surface area contributed by atoms with Gasteiger partial charge in [-0.05, 0) is 0 Å². The van der Waals surface area contributed by atoms with E-state index in [0.29, 0.717) is 26.9 Å². The van der Waals surface area contributed by atoms with Crippen LogP contribution in [0.4, 0.5) is 11.4 Å². The van der Waals surface area contributed by atoms with E-state index in [9.17, 15) is 0 Å². The van der Waals surface area contributed by atoms with E-state index in [1.165, 1.54) is 9.99 Å². The molecule has 1 heterocycles. The zero-order valence-electron chi connectivity index (χ0n) is 6.05. The van der Waals surface area contributed by atoms with Gasteiger partial charge in [-0.2, -0.15) is 0 Å². The molecule has 1 aromatic carbocycles. The van der Waals surface area contributed by atoms with Crippen LogP contribution in [0.5, 0.6) is 0 Å². The Kier molecular flexibility index (Phi) is 1.67. The van der Waals surface area contributed by atoms with Crippen LogP contribution in [0.1, 0.15) is 9.49 Å². The van der Waals surface area contributed by atoms with Crippen molar-refractivity contribution in [3.8, 4) is 0 Å². The number of anilines is 2. The Balaban J connectivity index is 2.36. The zero-order chi connectivity index (χ0) is 7.84. The van der Waals surface area contributed by atoms with E-state index in [4.69, 9.17) is 11.5 Å². The molecule has 11 heavy (non-hydrogen) atoms. The molecule has 60 valence electrons. The molecule has 1 aromatic rings. The predicted octanol–water partition coefficient (Wildman–Crippen LogP) is -2.01.